The van der Waals surface area contributed by atoms with Crippen LogP contribution >= 0.6 is 23.4 Å². The first-order valence-electron chi connectivity index (χ1n) is 9.01. The third-order valence-corrected chi connectivity index (χ3v) is 5.39. The Hall–Kier alpha value is -3.77. The SMILES string of the molecule is Nc1nonc1-n1nnc(C(=O)NN=Cc2ccc(F)cc2)c1CSc1ccc(Cl)cc1. The first-order valence-corrected chi connectivity index (χ1v) is 10.4. The summed E-state index contributed by atoms with van der Waals surface area (Å²) in [6.07, 6.45) is 1.38. The van der Waals surface area contributed by atoms with Gasteiger partial charge < -0.3 is 5.73 Å². The number of hydrogen-bond acceptors (Lipinski definition) is 9. The van der Waals surface area contributed by atoms with E-state index in [0.29, 0.717) is 22.0 Å². The van der Waals surface area contributed by atoms with Gasteiger partial charge in [-0.2, -0.15) is 9.78 Å². The quantitative estimate of drug-likeness (QED) is 0.238. The van der Waals surface area contributed by atoms with E-state index >= 15 is 0 Å². The van der Waals surface area contributed by atoms with Crippen molar-refractivity contribution in [2.24, 2.45) is 5.10 Å². The molecule has 2 heterocycles. The maximum Gasteiger partial charge on any atom is 0.293 e. The number of nitrogens with zero attached hydrogens (tertiary/aromatic N) is 6. The van der Waals surface area contributed by atoms with Crippen LogP contribution in [0.1, 0.15) is 21.7 Å². The summed E-state index contributed by atoms with van der Waals surface area (Å²) >= 11 is 7.36. The van der Waals surface area contributed by atoms with Gasteiger partial charge in [0, 0.05) is 15.7 Å². The third-order valence-electron chi connectivity index (χ3n) is 4.11. The van der Waals surface area contributed by atoms with Gasteiger partial charge in [0.1, 0.15) is 5.82 Å². The molecule has 0 unspecified atom stereocenters. The molecule has 0 saturated carbocycles. The van der Waals surface area contributed by atoms with Crippen molar-refractivity contribution < 1.29 is 13.8 Å². The molecule has 0 aliphatic carbocycles. The molecule has 0 saturated heterocycles. The highest BCUT2D eigenvalue weighted by atomic mass is 35.5. The zero-order chi connectivity index (χ0) is 22.5. The van der Waals surface area contributed by atoms with Crippen LogP contribution in [0.5, 0.6) is 0 Å². The maximum absolute atomic E-state index is 13.0. The summed E-state index contributed by atoms with van der Waals surface area (Å²) < 4.78 is 18.9. The molecule has 0 spiro atoms. The van der Waals surface area contributed by atoms with Gasteiger partial charge in [-0.05, 0) is 52.3 Å². The number of hydrazone groups is 1. The van der Waals surface area contributed by atoms with Crippen molar-refractivity contribution in [3.05, 3.63) is 76.3 Å². The fraction of sp³-hybridized carbons (Fsp3) is 0.0526. The Bertz CT molecular complexity index is 1260. The molecule has 0 bridgehead atoms. The molecule has 162 valence electrons. The standard InChI is InChI=1S/C19H14ClFN8O2S/c20-12-3-7-14(8-4-12)32-10-15-16(24-28-29(15)18-17(22)26-31-27-18)19(30)25-23-9-11-1-5-13(21)6-2-11/h1-9H,10H2,(H2,22,26)(H,25,30). The van der Waals surface area contributed by atoms with E-state index in [9.17, 15) is 9.18 Å². The van der Waals surface area contributed by atoms with E-state index in [2.05, 4.69) is 35.8 Å². The summed E-state index contributed by atoms with van der Waals surface area (Å²) in [5, 5.41) is 19.7. The number of nitrogens with one attached hydrogen (secondary N) is 1. The second kappa shape index (κ2) is 9.58. The first-order chi connectivity index (χ1) is 15.5. The van der Waals surface area contributed by atoms with Gasteiger partial charge in [-0.15, -0.1) is 16.9 Å². The molecule has 0 radical (unpaired) electrons. The lowest BCUT2D eigenvalue weighted by Crippen LogP contribution is -2.20. The number of anilines is 1. The van der Waals surface area contributed by atoms with Gasteiger partial charge in [0.25, 0.3) is 5.91 Å². The van der Waals surface area contributed by atoms with Crippen molar-refractivity contribution in [1.29, 1.82) is 0 Å². The van der Waals surface area contributed by atoms with Crippen molar-refractivity contribution in [2.75, 3.05) is 5.73 Å². The van der Waals surface area contributed by atoms with Crippen LogP contribution in [0.4, 0.5) is 10.2 Å². The topological polar surface area (TPSA) is 137 Å². The highest BCUT2D eigenvalue weighted by Crippen LogP contribution is 2.27. The molecule has 0 fully saturated rings. The van der Waals surface area contributed by atoms with E-state index in [4.69, 9.17) is 17.3 Å². The molecule has 2 aromatic heterocycles. The molecule has 1 amide bonds. The maximum atomic E-state index is 13.0. The third kappa shape index (κ3) is 4.92. The van der Waals surface area contributed by atoms with Crippen molar-refractivity contribution >= 4 is 41.3 Å². The smallest absolute Gasteiger partial charge is 0.293 e. The summed E-state index contributed by atoms with van der Waals surface area (Å²) in [6.45, 7) is 0. The van der Waals surface area contributed by atoms with Gasteiger partial charge in [0.2, 0.25) is 11.6 Å². The summed E-state index contributed by atoms with van der Waals surface area (Å²) in [5.41, 5.74) is 9.19. The number of thioether (sulfide) groups is 1. The van der Waals surface area contributed by atoms with E-state index in [1.54, 1.807) is 12.1 Å². The molecule has 0 aliphatic heterocycles. The molecule has 0 atom stereocenters. The number of nitrogens with two attached hydrogens (primary N) is 1. The van der Waals surface area contributed by atoms with Gasteiger partial charge in [-0.25, -0.2) is 14.4 Å². The van der Waals surface area contributed by atoms with Crippen LogP contribution in [0.3, 0.4) is 0 Å². The molecule has 3 N–H and O–H groups in total. The summed E-state index contributed by atoms with van der Waals surface area (Å²) in [5.74, 6) is -0.568. The minimum absolute atomic E-state index is 0.00562. The lowest BCUT2D eigenvalue weighted by atomic mass is 10.2. The van der Waals surface area contributed by atoms with E-state index < -0.39 is 5.91 Å². The predicted octanol–water partition coefficient (Wildman–Crippen LogP) is 3.08. The monoisotopic (exact) mass is 472 g/mol. The van der Waals surface area contributed by atoms with Crippen molar-refractivity contribution in [3.8, 4) is 5.82 Å². The Morgan fingerprint density at radius 3 is 2.66 bits per heavy atom. The van der Waals surface area contributed by atoms with Crippen LogP contribution in [0.2, 0.25) is 5.02 Å². The highest BCUT2D eigenvalue weighted by Gasteiger charge is 2.24. The zero-order valence-electron chi connectivity index (χ0n) is 16.1. The molecule has 4 rings (SSSR count). The number of nitrogen functional groups attached to an aromatic ring is 1. The Labute approximate surface area is 189 Å². The zero-order valence-corrected chi connectivity index (χ0v) is 17.7. The lowest BCUT2D eigenvalue weighted by molar-refractivity contribution is 0.0949. The Morgan fingerprint density at radius 1 is 1.22 bits per heavy atom. The van der Waals surface area contributed by atoms with Crippen LogP contribution in [0.25, 0.3) is 5.82 Å². The Kier molecular flexibility index (Phi) is 6.42. The van der Waals surface area contributed by atoms with Gasteiger partial charge in [-0.1, -0.05) is 28.9 Å². The number of carbonyl (C=O) groups excluding carboxylic acids is 1. The van der Waals surface area contributed by atoms with Crippen LogP contribution in [-0.4, -0.2) is 37.4 Å². The summed E-state index contributed by atoms with van der Waals surface area (Å²) in [7, 11) is 0. The van der Waals surface area contributed by atoms with Crippen molar-refractivity contribution in [3.63, 3.8) is 0 Å². The number of halogens is 2. The number of benzene rings is 2. The average Bonchev–Trinajstić information content (AvgIpc) is 3.40. The lowest BCUT2D eigenvalue weighted by Gasteiger charge is -2.06. The van der Waals surface area contributed by atoms with Gasteiger partial charge in [0.15, 0.2) is 5.69 Å². The molecule has 0 aliphatic rings. The summed E-state index contributed by atoms with van der Waals surface area (Å²) in [6, 6.07) is 12.8. The second-order valence-electron chi connectivity index (χ2n) is 6.26. The minimum Gasteiger partial charge on any atom is -0.378 e. The van der Waals surface area contributed by atoms with Gasteiger partial charge in [0.05, 0.1) is 11.9 Å². The number of hydrogen-bond donors (Lipinski definition) is 2. The van der Waals surface area contributed by atoms with Crippen molar-refractivity contribution in [2.45, 2.75) is 10.6 Å². The Balaban J connectivity index is 1.56. The summed E-state index contributed by atoms with van der Waals surface area (Å²) in [4.78, 5) is 13.6. The largest absolute Gasteiger partial charge is 0.378 e. The first kappa shape index (κ1) is 21.5. The molecular formula is C19H14ClFN8O2S. The van der Waals surface area contributed by atoms with E-state index in [1.807, 2.05) is 12.1 Å². The van der Waals surface area contributed by atoms with E-state index in [1.165, 1.54) is 46.9 Å². The Morgan fingerprint density at radius 2 is 1.97 bits per heavy atom. The fourth-order valence-electron chi connectivity index (χ4n) is 2.57. The molecule has 4 aromatic rings. The molecule has 13 heteroatoms. The van der Waals surface area contributed by atoms with E-state index in [0.717, 1.165) is 4.90 Å². The van der Waals surface area contributed by atoms with Crippen molar-refractivity contribution in [1.82, 2.24) is 30.7 Å². The number of carbonyl (C=O) groups is 1. The number of amides is 1. The predicted molar refractivity (Wildman–Crippen MR) is 116 cm³/mol. The minimum atomic E-state index is -0.601. The molecular weight excluding hydrogens is 459 g/mol. The molecule has 2 aromatic carbocycles. The van der Waals surface area contributed by atoms with Crippen LogP contribution in [-0.2, 0) is 5.75 Å². The van der Waals surface area contributed by atoms with Crippen LogP contribution in [0.15, 0.2) is 63.2 Å². The second-order valence-corrected chi connectivity index (χ2v) is 7.75. The normalized spacial score (nSPS) is 11.2. The molecule has 32 heavy (non-hydrogen) atoms. The van der Waals surface area contributed by atoms with E-state index in [-0.39, 0.29) is 23.1 Å². The van der Waals surface area contributed by atoms with Gasteiger partial charge >= 0.3 is 0 Å². The van der Waals surface area contributed by atoms with Crippen LogP contribution < -0.4 is 11.2 Å². The molecule has 10 nitrogen and oxygen atoms in total. The average molecular weight is 473 g/mol. The van der Waals surface area contributed by atoms with Crippen LogP contribution in [0, 0.1) is 5.82 Å². The fourth-order valence-corrected chi connectivity index (χ4v) is 3.58. The number of rotatable bonds is 7. The van der Waals surface area contributed by atoms with Gasteiger partial charge in [-0.3, -0.25) is 4.79 Å². The number of aromatic nitrogens is 5. The highest BCUT2D eigenvalue weighted by molar-refractivity contribution is 7.98.